The van der Waals surface area contributed by atoms with Crippen LogP contribution in [0.4, 0.5) is 5.95 Å². The predicted molar refractivity (Wildman–Crippen MR) is 128 cm³/mol. The van der Waals surface area contributed by atoms with Crippen molar-refractivity contribution in [1.29, 1.82) is 0 Å². The third-order valence-corrected chi connectivity index (χ3v) is 6.51. The molecular formula is C25H30N6O. The Hall–Kier alpha value is -3.19. The van der Waals surface area contributed by atoms with Crippen LogP contribution < -0.4 is 10.6 Å². The van der Waals surface area contributed by atoms with Gasteiger partial charge in [0, 0.05) is 52.5 Å². The van der Waals surface area contributed by atoms with Crippen LogP contribution in [-0.4, -0.2) is 38.2 Å². The fraction of sp³-hybridized carbons (Fsp3) is 0.400. The smallest absolute Gasteiger partial charge is 0.223 e. The van der Waals surface area contributed by atoms with Crippen molar-refractivity contribution in [3.63, 3.8) is 0 Å². The molecule has 1 aliphatic rings. The molecule has 0 radical (unpaired) electrons. The zero-order valence-electron chi connectivity index (χ0n) is 19.3. The molecule has 7 heteroatoms. The zero-order chi connectivity index (χ0) is 22.5. The molecule has 1 fully saturated rings. The number of H-pyrrole nitrogens is 1. The van der Waals surface area contributed by atoms with Crippen LogP contribution in [0.1, 0.15) is 43.7 Å². The van der Waals surface area contributed by atoms with Crippen molar-refractivity contribution < 1.29 is 4.52 Å². The van der Waals surface area contributed by atoms with Crippen LogP contribution in [0.2, 0.25) is 0 Å². The lowest BCUT2D eigenvalue weighted by Crippen LogP contribution is -2.50. The molecule has 0 unspecified atom stereocenters. The van der Waals surface area contributed by atoms with E-state index in [0.29, 0.717) is 12.0 Å². The van der Waals surface area contributed by atoms with Gasteiger partial charge in [0.2, 0.25) is 5.95 Å². The Morgan fingerprint density at radius 3 is 2.75 bits per heavy atom. The molecule has 1 saturated heterocycles. The van der Waals surface area contributed by atoms with Gasteiger partial charge in [0.15, 0.2) is 0 Å². The van der Waals surface area contributed by atoms with Crippen LogP contribution in [0.15, 0.2) is 35.1 Å². The molecule has 3 aromatic heterocycles. The van der Waals surface area contributed by atoms with Gasteiger partial charge in [-0.1, -0.05) is 17.3 Å². The number of piperidine rings is 1. The molecule has 0 spiro atoms. The first-order chi connectivity index (χ1) is 15.3. The fourth-order valence-electron chi connectivity index (χ4n) is 4.59. The van der Waals surface area contributed by atoms with E-state index in [2.05, 4.69) is 64.7 Å². The van der Waals surface area contributed by atoms with Gasteiger partial charge in [-0.25, -0.2) is 9.97 Å². The number of hydrogen-bond acceptors (Lipinski definition) is 6. The summed E-state index contributed by atoms with van der Waals surface area (Å²) in [5, 5.41) is 12.3. The van der Waals surface area contributed by atoms with Crippen molar-refractivity contribution in [2.24, 2.45) is 0 Å². The molecular weight excluding hydrogens is 400 g/mol. The number of benzene rings is 1. The first-order valence-electron chi connectivity index (χ1n) is 11.2. The number of aromatic nitrogens is 4. The summed E-state index contributed by atoms with van der Waals surface area (Å²) in [6.07, 6.45) is 6.16. The second-order valence-electron chi connectivity index (χ2n) is 9.53. The van der Waals surface area contributed by atoms with Gasteiger partial charge < -0.3 is 20.1 Å². The summed E-state index contributed by atoms with van der Waals surface area (Å²) in [6.45, 7) is 11.4. The molecule has 0 amide bonds. The normalized spacial score (nSPS) is 18.2. The summed E-state index contributed by atoms with van der Waals surface area (Å²) < 4.78 is 5.35. The number of aryl methyl sites for hydroxylation is 3. The first kappa shape index (κ1) is 20.7. The summed E-state index contributed by atoms with van der Waals surface area (Å²) in [6, 6.07) is 6.75. The average molecular weight is 431 g/mol. The number of aromatic amines is 1. The van der Waals surface area contributed by atoms with Crippen LogP contribution in [0.5, 0.6) is 0 Å². The molecule has 1 aliphatic heterocycles. The maximum absolute atomic E-state index is 5.35. The largest absolute Gasteiger partial charge is 0.361 e. The monoisotopic (exact) mass is 430 g/mol. The highest BCUT2D eigenvalue weighted by Crippen LogP contribution is 2.34. The predicted octanol–water partition coefficient (Wildman–Crippen LogP) is 5.15. The molecule has 32 heavy (non-hydrogen) atoms. The Bertz CT molecular complexity index is 1260. The van der Waals surface area contributed by atoms with E-state index in [1.165, 1.54) is 0 Å². The Kier molecular flexibility index (Phi) is 5.01. The fourth-order valence-corrected chi connectivity index (χ4v) is 4.59. The molecule has 0 bridgehead atoms. The lowest BCUT2D eigenvalue weighted by atomic mass is 9.91. The minimum Gasteiger partial charge on any atom is -0.361 e. The lowest BCUT2D eigenvalue weighted by molar-refractivity contribution is 0.289. The van der Waals surface area contributed by atoms with Gasteiger partial charge in [0.05, 0.1) is 11.4 Å². The van der Waals surface area contributed by atoms with Crippen molar-refractivity contribution in [1.82, 2.24) is 25.4 Å². The number of nitrogens with one attached hydrogen (secondary N) is 3. The highest BCUT2D eigenvalue weighted by molar-refractivity contribution is 5.97. The molecule has 1 aromatic carbocycles. The molecule has 1 atom stereocenters. The second-order valence-corrected chi connectivity index (χ2v) is 9.53. The van der Waals surface area contributed by atoms with Crippen LogP contribution >= 0.6 is 0 Å². The molecule has 3 N–H and O–H groups in total. The van der Waals surface area contributed by atoms with E-state index in [-0.39, 0.29) is 5.54 Å². The number of rotatable bonds is 4. The van der Waals surface area contributed by atoms with Crippen molar-refractivity contribution >= 4 is 16.9 Å². The highest BCUT2D eigenvalue weighted by Gasteiger charge is 2.26. The van der Waals surface area contributed by atoms with Crippen LogP contribution in [0.25, 0.3) is 33.3 Å². The Labute approximate surface area is 188 Å². The molecule has 4 heterocycles. The van der Waals surface area contributed by atoms with E-state index in [4.69, 9.17) is 9.51 Å². The summed E-state index contributed by atoms with van der Waals surface area (Å²) in [4.78, 5) is 12.9. The van der Waals surface area contributed by atoms with Gasteiger partial charge in [-0.2, -0.15) is 0 Å². The molecule has 5 rings (SSSR count). The van der Waals surface area contributed by atoms with Gasteiger partial charge in [-0.05, 0) is 64.7 Å². The van der Waals surface area contributed by atoms with Crippen LogP contribution in [-0.2, 0) is 0 Å². The number of fused-ring (bicyclic) bond motifs is 1. The van der Waals surface area contributed by atoms with E-state index >= 15 is 0 Å². The van der Waals surface area contributed by atoms with Crippen molar-refractivity contribution in [2.75, 3.05) is 11.9 Å². The molecule has 0 saturated carbocycles. The van der Waals surface area contributed by atoms with E-state index in [1.54, 1.807) is 0 Å². The second kappa shape index (κ2) is 7.74. The van der Waals surface area contributed by atoms with Gasteiger partial charge in [-0.3, -0.25) is 0 Å². The average Bonchev–Trinajstić information content (AvgIpc) is 3.33. The zero-order valence-corrected chi connectivity index (χ0v) is 19.3. The topological polar surface area (TPSA) is 91.7 Å². The highest BCUT2D eigenvalue weighted by atomic mass is 16.5. The molecule has 7 nitrogen and oxygen atoms in total. The Balaban J connectivity index is 1.45. The minimum absolute atomic E-state index is 0.198. The SMILES string of the molecule is Cc1cnc(N[C@H]2CCC(C)(C)NC2)nc1-c1c[nH]c2cc(-c3c(C)noc3C)ccc12. The van der Waals surface area contributed by atoms with Gasteiger partial charge >= 0.3 is 0 Å². The lowest BCUT2D eigenvalue weighted by Gasteiger charge is -2.36. The molecule has 0 aliphatic carbocycles. The van der Waals surface area contributed by atoms with E-state index in [9.17, 15) is 0 Å². The van der Waals surface area contributed by atoms with E-state index in [1.807, 2.05) is 26.2 Å². The van der Waals surface area contributed by atoms with Crippen LogP contribution in [0, 0.1) is 20.8 Å². The van der Waals surface area contributed by atoms with Gasteiger partial charge in [0.25, 0.3) is 0 Å². The molecule has 4 aromatic rings. The number of anilines is 1. The standard InChI is InChI=1S/C25H30N6O/c1-14-11-27-24(29-18-8-9-25(4,5)28-12-18)30-23(14)20-13-26-21-10-17(6-7-19(20)21)22-15(2)31-32-16(22)3/h6-7,10-11,13,18,26,28H,8-9,12H2,1-5H3,(H,27,29,30)/t18-/m0/s1. The van der Waals surface area contributed by atoms with Gasteiger partial charge in [-0.15, -0.1) is 0 Å². The summed E-state index contributed by atoms with van der Waals surface area (Å²) in [7, 11) is 0. The van der Waals surface area contributed by atoms with Crippen LogP contribution in [0.3, 0.4) is 0 Å². The Morgan fingerprint density at radius 2 is 2.03 bits per heavy atom. The van der Waals surface area contributed by atoms with Gasteiger partial charge in [0.1, 0.15) is 5.76 Å². The number of nitrogens with zero attached hydrogens (tertiary/aromatic N) is 3. The maximum Gasteiger partial charge on any atom is 0.223 e. The molecule has 166 valence electrons. The third-order valence-electron chi connectivity index (χ3n) is 6.51. The maximum atomic E-state index is 5.35. The Morgan fingerprint density at radius 1 is 1.19 bits per heavy atom. The van der Waals surface area contributed by atoms with Crippen molar-refractivity contribution in [3.8, 4) is 22.4 Å². The number of hydrogen-bond donors (Lipinski definition) is 3. The first-order valence-corrected chi connectivity index (χ1v) is 11.2. The van der Waals surface area contributed by atoms with Crippen molar-refractivity contribution in [3.05, 3.63) is 47.6 Å². The summed E-state index contributed by atoms with van der Waals surface area (Å²) in [5.74, 6) is 1.51. The third kappa shape index (κ3) is 3.77. The minimum atomic E-state index is 0.198. The van der Waals surface area contributed by atoms with Crippen molar-refractivity contribution in [2.45, 2.75) is 59.0 Å². The quantitative estimate of drug-likeness (QED) is 0.415. The van der Waals surface area contributed by atoms with E-state index in [0.717, 1.165) is 69.7 Å². The summed E-state index contributed by atoms with van der Waals surface area (Å²) in [5.41, 5.74) is 7.38. The summed E-state index contributed by atoms with van der Waals surface area (Å²) >= 11 is 0. The van der Waals surface area contributed by atoms with E-state index < -0.39 is 0 Å².